The molecule has 51 heavy (non-hydrogen) atoms. The summed E-state index contributed by atoms with van der Waals surface area (Å²) < 4.78 is 0. The van der Waals surface area contributed by atoms with Crippen LogP contribution in [0.4, 0.5) is 0 Å². The molecule has 10 N–H and O–H groups in total. The van der Waals surface area contributed by atoms with Crippen molar-refractivity contribution in [2.45, 2.75) is 70.6 Å². The predicted molar refractivity (Wildman–Crippen MR) is 190 cm³/mol. The Kier molecular flexibility index (Phi) is 12.8. The fraction of sp³-hybridized carbons (Fsp3) is 0.485. The van der Waals surface area contributed by atoms with Crippen molar-refractivity contribution in [3.05, 3.63) is 46.8 Å². The molecular weight excluding hydrogens is 701 g/mol. The minimum absolute atomic E-state index is 0.126. The molecule has 16 nitrogen and oxygen atoms in total. The standard InChI is InChI=1S/C33H44N8O8S2/c1-16-9-10-51-25(16)18-7-5-17(6-8-18)24-30(47)36-12-22(43)39-27(34)31(48)37-20(28(35)45)14-50-15-23(44)38-26(33(2,3)4)32(49)41-13-19(42)11-21(41)29(46)40-24/h5-10,19-21,24,26-27,42H,11-15,34H2,1-4H3,(H2,35,45)(H,36,47)(H,37,48)(H,38,44)(H,39,43)(H,40,46)/t19-,20-,21+,24-,26-,27-/m1/s1. The minimum Gasteiger partial charge on any atom is -0.391 e. The van der Waals surface area contributed by atoms with Gasteiger partial charge in [0, 0.05) is 23.6 Å². The number of hydrogen-bond acceptors (Lipinski definition) is 11. The molecule has 0 unspecified atom stereocenters. The maximum absolute atomic E-state index is 14.0. The van der Waals surface area contributed by atoms with Crippen LogP contribution in [-0.2, 0) is 33.6 Å². The summed E-state index contributed by atoms with van der Waals surface area (Å²) in [6, 6.07) is 3.94. The van der Waals surface area contributed by atoms with Crippen molar-refractivity contribution in [1.82, 2.24) is 31.5 Å². The van der Waals surface area contributed by atoms with Gasteiger partial charge in [0.2, 0.25) is 35.4 Å². The van der Waals surface area contributed by atoms with Gasteiger partial charge < -0.3 is 48.1 Å². The molecule has 0 bridgehead atoms. The van der Waals surface area contributed by atoms with E-state index in [0.29, 0.717) is 5.56 Å². The van der Waals surface area contributed by atoms with Crippen LogP contribution in [0.15, 0.2) is 35.7 Å². The van der Waals surface area contributed by atoms with Gasteiger partial charge in [0.15, 0.2) is 6.17 Å². The van der Waals surface area contributed by atoms with E-state index in [1.165, 1.54) is 4.90 Å². The molecule has 0 aliphatic carbocycles. The Bertz CT molecular complexity index is 1660. The molecule has 6 atom stereocenters. The lowest BCUT2D eigenvalue weighted by atomic mass is 9.85. The zero-order valence-electron chi connectivity index (χ0n) is 28.7. The molecule has 4 rings (SSSR count). The largest absolute Gasteiger partial charge is 0.391 e. The van der Waals surface area contributed by atoms with E-state index >= 15 is 0 Å². The number of aliphatic hydroxyl groups excluding tert-OH is 1. The van der Waals surface area contributed by atoms with Crippen molar-refractivity contribution in [3.63, 3.8) is 0 Å². The Morgan fingerprint density at radius 3 is 2.22 bits per heavy atom. The number of primary amides is 1. The Morgan fingerprint density at radius 1 is 0.922 bits per heavy atom. The van der Waals surface area contributed by atoms with Crippen LogP contribution < -0.4 is 38.1 Å². The quantitative estimate of drug-likeness (QED) is 0.183. The molecule has 2 aromatic rings. The van der Waals surface area contributed by atoms with Gasteiger partial charge >= 0.3 is 0 Å². The molecule has 18 heteroatoms. The summed E-state index contributed by atoms with van der Waals surface area (Å²) in [6.45, 7) is 6.32. The molecule has 0 saturated carbocycles. The number of nitrogens with one attached hydrogen (secondary N) is 5. The van der Waals surface area contributed by atoms with Crippen LogP contribution >= 0.6 is 23.1 Å². The lowest BCUT2D eigenvalue weighted by molar-refractivity contribution is -0.144. The molecule has 3 heterocycles. The normalized spacial score (nSPS) is 26.5. The van der Waals surface area contributed by atoms with E-state index in [4.69, 9.17) is 11.5 Å². The van der Waals surface area contributed by atoms with Crippen molar-refractivity contribution in [2.24, 2.45) is 16.9 Å². The van der Waals surface area contributed by atoms with E-state index in [2.05, 4.69) is 26.6 Å². The van der Waals surface area contributed by atoms with Crippen LogP contribution in [0.25, 0.3) is 10.4 Å². The van der Waals surface area contributed by atoms with E-state index in [9.17, 15) is 38.7 Å². The lowest BCUT2D eigenvalue weighted by Gasteiger charge is -2.35. The minimum atomic E-state index is -1.62. The highest BCUT2D eigenvalue weighted by Gasteiger charge is 2.45. The summed E-state index contributed by atoms with van der Waals surface area (Å²) in [7, 11) is 0. The molecule has 276 valence electrons. The summed E-state index contributed by atoms with van der Waals surface area (Å²) in [6.07, 6.45) is -2.81. The third-order valence-corrected chi connectivity index (χ3v) is 10.5. The molecule has 2 aliphatic heterocycles. The predicted octanol–water partition coefficient (Wildman–Crippen LogP) is -1.39. The first-order chi connectivity index (χ1) is 24.0. The summed E-state index contributed by atoms with van der Waals surface area (Å²) in [5, 5.41) is 25.0. The van der Waals surface area contributed by atoms with Crippen LogP contribution in [-0.4, -0.2) is 106 Å². The number of aryl methyl sites for hydroxylation is 1. The van der Waals surface area contributed by atoms with E-state index in [1.807, 2.05) is 18.4 Å². The molecule has 0 radical (unpaired) electrons. The number of carbonyl (C=O) groups excluding carboxylic acids is 7. The highest BCUT2D eigenvalue weighted by atomic mass is 32.2. The maximum Gasteiger partial charge on any atom is 0.258 e. The topological polar surface area (TPSA) is 255 Å². The van der Waals surface area contributed by atoms with Crippen molar-refractivity contribution in [3.8, 4) is 10.4 Å². The number of carbonyl (C=O) groups is 7. The Balaban J connectivity index is 1.68. The van der Waals surface area contributed by atoms with Crippen molar-refractivity contribution < 1.29 is 38.7 Å². The van der Waals surface area contributed by atoms with Gasteiger partial charge in [-0.1, -0.05) is 45.0 Å². The number of benzene rings is 1. The first kappa shape index (κ1) is 39.3. The summed E-state index contributed by atoms with van der Waals surface area (Å²) >= 11 is 2.50. The number of nitrogens with zero attached hydrogens (tertiary/aromatic N) is 1. The number of thiophene rings is 1. The fourth-order valence-electron chi connectivity index (χ4n) is 5.64. The van der Waals surface area contributed by atoms with Crippen LogP contribution in [0.2, 0.25) is 0 Å². The Morgan fingerprint density at radius 2 is 1.61 bits per heavy atom. The van der Waals surface area contributed by atoms with Gasteiger partial charge in [-0.25, -0.2) is 0 Å². The summed E-state index contributed by atoms with van der Waals surface area (Å²) in [5.41, 5.74) is 12.7. The van der Waals surface area contributed by atoms with Crippen molar-refractivity contribution >= 4 is 64.4 Å². The third-order valence-electron chi connectivity index (χ3n) is 8.40. The maximum atomic E-state index is 14.0. The molecule has 0 spiro atoms. The van der Waals surface area contributed by atoms with Gasteiger partial charge in [-0.05, 0) is 40.5 Å². The smallest absolute Gasteiger partial charge is 0.258 e. The Hall–Kier alpha value is -4.52. The van der Waals surface area contributed by atoms with E-state index < -0.39 is 89.7 Å². The fourth-order valence-corrected chi connectivity index (χ4v) is 7.45. The van der Waals surface area contributed by atoms with Crippen LogP contribution in [0.3, 0.4) is 0 Å². The summed E-state index contributed by atoms with van der Waals surface area (Å²) in [4.78, 5) is 94.3. The lowest BCUT2D eigenvalue weighted by Crippen LogP contribution is -2.58. The second kappa shape index (κ2) is 16.7. The third kappa shape index (κ3) is 10.1. The monoisotopic (exact) mass is 744 g/mol. The number of rotatable bonds is 3. The van der Waals surface area contributed by atoms with E-state index in [1.54, 1.807) is 56.4 Å². The molecule has 2 fully saturated rings. The number of aliphatic hydroxyl groups is 1. The number of thioether (sulfide) groups is 1. The molecule has 1 aromatic carbocycles. The Labute approximate surface area is 303 Å². The first-order valence-corrected chi connectivity index (χ1v) is 18.2. The van der Waals surface area contributed by atoms with Gasteiger partial charge in [0.25, 0.3) is 5.91 Å². The van der Waals surface area contributed by atoms with Gasteiger partial charge in [-0.2, -0.15) is 0 Å². The van der Waals surface area contributed by atoms with E-state index in [-0.39, 0.29) is 24.5 Å². The molecule has 2 saturated heterocycles. The molecular formula is C33H44N8O8S2. The molecule has 1 aromatic heterocycles. The van der Waals surface area contributed by atoms with Crippen LogP contribution in [0.1, 0.15) is 44.4 Å². The zero-order valence-corrected chi connectivity index (χ0v) is 30.3. The summed E-state index contributed by atoms with van der Waals surface area (Å²) in [5.74, 6) is -5.78. The number of amides is 7. The van der Waals surface area contributed by atoms with Gasteiger partial charge in [0.1, 0.15) is 24.2 Å². The van der Waals surface area contributed by atoms with Gasteiger partial charge in [-0.15, -0.1) is 23.1 Å². The number of fused-ring (bicyclic) bond motifs is 1. The van der Waals surface area contributed by atoms with Gasteiger partial charge in [0.05, 0.1) is 18.4 Å². The van der Waals surface area contributed by atoms with E-state index in [0.717, 1.165) is 27.8 Å². The number of nitrogens with two attached hydrogens (primary N) is 2. The first-order valence-electron chi connectivity index (χ1n) is 16.2. The molecule has 2 aliphatic rings. The average Bonchev–Trinajstić information content (AvgIpc) is 3.68. The van der Waals surface area contributed by atoms with Crippen molar-refractivity contribution in [2.75, 3.05) is 24.6 Å². The highest BCUT2D eigenvalue weighted by molar-refractivity contribution is 8.00. The highest BCUT2D eigenvalue weighted by Crippen LogP contribution is 2.31. The van der Waals surface area contributed by atoms with Crippen molar-refractivity contribution in [1.29, 1.82) is 0 Å². The van der Waals surface area contributed by atoms with Crippen LogP contribution in [0, 0.1) is 12.3 Å². The molecule has 7 amide bonds. The second-order valence-corrected chi connectivity index (χ2v) is 15.4. The SMILES string of the molecule is Cc1ccsc1-c1ccc([C@H]2NC(=O)[C@@H]3C[C@@H](O)CN3C(=O)[C@H](C(C)(C)C)NC(=O)CSC[C@H](C(N)=O)NC(=O)[C@H](N)NC(=O)CNC2=O)cc1. The zero-order chi connectivity index (χ0) is 37.6. The van der Waals surface area contributed by atoms with Crippen LogP contribution in [0.5, 0.6) is 0 Å². The second-order valence-electron chi connectivity index (χ2n) is 13.5. The van der Waals surface area contributed by atoms with Gasteiger partial charge in [-0.3, -0.25) is 33.6 Å². The number of hydrogen-bond donors (Lipinski definition) is 8. The average molecular weight is 745 g/mol.